The van der Waals surface area contributed by atoms with Gasteiger partial charge in [0.1, 0.15) is 13.2 Å². The van der Waals surface area contributed by atoms with E-state index in [9.17, 15) is 4.79 Å². The van der Waals surface area contributed by atoms with Crippen molar-refractivity contribution in [3.8, 4) is 11.5 Å². The van der Waals surface area contributed by atoms with Crippen molar-refractivity contribution in [2.75, 3.05) is 19.8 Å². The van der Waals surface area contributed by atoms with Crippen LogP contribution in [0.2, 0.25) is 0 Å². The molecule has 0 unspecified atom stereocenters. The number of likely N-dealkylation sites (tertiary alicyclic amines) is 1. The van der Waals surface area contributed by atoms with E-state index in [0.717, 1.165) is 53.0 Å². The third-order valence-electron chi connectivity index (χ3n) is 6.26. The summed E-state index contributed by atoms with van der Waals surface area (Å²) in [6.07, 6.45) is 2.13. The van der Waals surface area contributed by atoms with E-state index in [0.29, 0.717) is 13.2 Å². The Balaban J connectivity index is 1.45. The number of hydrogen-bond donors (Lipinski definition) is 1. The maximum atomic E-state index is 13.5. The standard InChI is InChI=1S/C24H26N2O3/c1-15-23(18-6-3-4-7-19(18)25-15)24(27)16(2)26-11-5-8-20(26)17-9-10-21-22(14-17)29-13-12-28-21/h3-4,6-7,9-10,14,16,20,25H,5,8,11-13H2,1-2H3/t16-,20+/m1/s1. The van der Waals surface area contributed by atoms with Crippen LogP contribution in [0.1, 0.15) is 47.4 Å². The number of ketones is 1. The molecule has 0 spiro atoms. The van der Waals surface area contributed by atoms with Gasteiger partial charge in [-0.2, -0.15) is 0 Å². The number of nitrogens with one attached hydrogen (secondary N) is 1. The van der Waals surface area contributed by atoms with E-state index in [1.807, 2.05) is 44.2 Å². The molecule has 5 rings (SSSR count). The molecule has 2 aliphatic heterocycles. The van der Waals surface area contributed by atoms with Gasteiger partial charge in [-0.1, -0.05) is 24.3 Å². The Hall–Kier alpha value is -2.79. The van der Waals surface area contributed by atoms with Crippen LogP contribution in [0.25, 0.3) is 10.9 Å². The van der Waals surface area contributed by atoms with E-state index in [4.69, 9.17) is 9.47 Å². The van der Waals surface area contributed by atoms with E-state index in [1.54, 1.807) is 0 Å². The number of Topliss-reactive ketones (excluding diaryl/α,β-unsaturated/α-hetero) is 1. The van der Waals surface area contributed by atoms with Crippen LogP contribution in [0, 0.1) is 6.92 Å². The van der Waals surface area contributed by atoms with Gasteiger partial charge in [0.15, 0.2) is 17.3 Å². The number of ether oxygens (including phenoxy) is 2. The monoisotopic (exact) mass is 390 g/mol. The minimum Gasteiger partial charge on any atom is -0.486 e. The number of rotatable bonds is 4. The van der Waals surface area contributed by atoms with E-state index in [-0.39, 0.29) is 17.9 Å². The summed E-state index contributed by atoms with van der Waals surface area (Å²) in [6, 6.07) is 14.3. The highest BCUT2D eigenvalue weighted by molar-refractivity contribution is 6.11. The maximum absolute atomic E-state index is 13.5. The smallest absolute Gasteiger partial charge is 0.182 e. The Morgan fingerprint density at radius 1 is 1.14 bits per heavy atom. The lowest BCUT2D eigenvalue weighted by Crippen LogP contribution is -2.38. The van der Waals surface area contributed by atoms with Crippen molar-refractivity contribution in [3.63, 3.8) is 0 Å². The summed E-state index contributed by atoms with van der Waals surface area (Å²) in [7, 11) is 0. The summed E-state index contributed by atoms with van der Waals surface area (Å²) >= 11 is 0. The molecule has 0 bridgehead atoms. The zero-order valence-corrected chi connectivity index (χ0v) is 16.9. The van der Waals surface area contributed by atoms with Gasteiger partial charge in [-0.15, -0.1) is 0 Å². The van der Waals surface area contributed by atoms with Crippen molar-refractivity contribution in [2.45, 2.75) is 38.8 Å². The van der Waals surface area contributed by atoms with Gasteiger partial charge < -0.3 is 14.5 Å². The molecule has 0 radical (unpaired) electrons. The number of fused-ring (bicyclic) bond motifs is 2. The lowest BCUT2D eigenvalue weighted by molar-refractivity contribution is 0.0820. The first-order valence-electron chi connectivity index (χ1n) is 10.4. The van der Waals surface area contributed by atoms with E-state index in [1.165, 1.54) is 5.56 Å². The molecule has 150 valence electrons. The fourth-order valence-electron chi connectivity index (χ4n) is 4.83. The van der Waals surface area contributed by atoms with Crippen molar-refractivity contribution < 1.29 is 14.3 Å². The number of para-hydroxylation sites is 1. The average Bonchev–Trinajstić information content (AvgIpc) is 3.36. The van der Waals surface area contributed by atoms with Crippen LogP contribution in [-0.2, 0) is 0 Å². The van der Waals surface area contributed by atoms with Crippen LogP contribution in [0.5, 0.6) is 11.5 Å². The third-order valence-corrected chi connectivity index (χ3v) is 6.26. The van der Waals surface area contributed by atoms with E-state index in [2.05, 4.69) is 22.0 Å². The summed E-state index contributed by atoms with van der Waals surface area (Å²) in [5, 5.41) is 1.01. The number of hydrogen-bond acceptors (Lipinski definition) is 4. The fraction of sp³-hybridized carbons (Fsp3) is 0.375. The molecule has 29 heavy (non-hydrogen) atoms. The molecule has 5 heteroatoms. The number of carbonyl (C=O) groups is 1. The molecule has 1 fully saturated rings. The molecule has 1 saturated heterocycles. The Kier molecular flexibility index (Phi) is 4.55. The van der Waals surface area contributed by atoms with Crippen molar-refractivity contribution in [3.05, 3.63) is 59.3 Å². The zero-order chi connectivity index (χ0) is 20.0. The Morgan fingerprint density at radius 3 is 2.79 bits per heavy atom. The number of aryl methyl sites for hydroxylation is 1. The van der Waals surface area contributed by atoms with Crippen LogP contribution in [0.15, 0.2) is 42.5 Å². The van der Waals surface area contributed by atoms with Gasteiger partial charge in [0, 0.05) is 28.2 Å². The summed E-state index contributed by atoms with van der Waals surface area (Å²) in [4.78, 5) is 19.2. The molecule has 2 aromatic carbocycles. The van der Waals surface area contributed by atoms with Crippen LogP contribution in [0.4, 0.5) is 0 Å². The van der Waals surface area contributed by atoms with Crippen molar-refractivity contribution >= 4 is 16.7 Å². The molecule has 3 heterocycles. The topological polar surface area (TPSA) is 54.6 Å². The molecule has 3 aromatic rings. The summed E-state index contributed by atoms with van der Waals surface area (Å²) in [5.74, 6) is 1.81. The Bertz CT molecular complexity index is 1070. The van der Waals surface area contributed by atoms with Gasteiger partial charge in [0.2, 0.25) is 0 Å². The number of carbonyl (C=O) groups excluding carboxylic acids is 1. The minimum atomic E-state index is -0.186. The van der Waals surface area contributed by atoms with Gasteiger partial charge in [-0.05, 0) is 57.0 Å². The molecule has 0 aliphatic carbocycles. The molecule has 1 aromatic heterocycles. The number of benzene rings is 2. The molecule has 1 N–H and O–H groups in total. The maximum Gasteiger partial charge on any atom is 0.182 e. The van der Waals surface area contributed by atoms with E-state index < -0.39 is 0 Å². The van der Waals surface area contributed by atoms with Gasteiger partial charge >= 0.3 is 0 Å². The highest BCUT2D eigenvalue weighted by atomic mass is 16.6. The Morgan fingerprint density at radius 2 is 1.93 bits per heavy atom. The molecule has 0 amide bonds. The number of aromatic amines is 1. The lowest BCUT2D eigenvalue weighted by atomic mass is 9.98. The van der Waals surface area contributed by atoms with Crippen LogP contribution in [0.3, 0.4) is 0 Å². The predicted octanol–water partition coefficient (Wildman–Crippen LogP) is 4.66. The number of nitrogens with zero attached hydrogens (tertiary/aromatic N) is 1. The fourth-order valence-corrected chi connectivity index (χ4v) is 4.83. The van der Waals surface area contributed by atoms with Gasteiger partial charge in [0.25, 0.3) is 0 Å². The molecule has 2 atom stereocenters. The Labute approximate surface area is 170 Å². The zero-order valence-electron chi connectivity index (χ0n) is 16.9. The number of H-pyrrole nitrogens is 1. The van der Waals surface area contributed by atoms with Crippen LogP contribution in [-0.4, -0.2) is 41.5 Å². The lowest BCUT2D eigenvalue weighted by Gasteiger charge is -2.31. The first kappa shape index (κ1) is 18.3. The largest absolute Gasteiger partial charge is 0.486 e. The molecular formula is C24H26N2O3. The minimum absolute atomic E-state index is 0.185. The average molecular weight is 390 g/mol. The molecule has 5 nitrogen and oxygen atoms in total. The normalized spacial score (nSPS) is 20.1. The quantitative estimate of drug-likeness (QED) is 0.659. The highest BCUT2D eigenvalue weighted by Crippen LogP contribution is 2.39. The van der Waals surface area contributed by atoms with Crippen molar-refractivity contribution in [1.82, 2.24) is 9.88 Å². The predicted molar refractivity (Wildman–Crippen MR) is 113 cm³/mol. The SMILES string of the molecule is Cc1[nH]c2ccccc2c1C(=O)[C@@H](C)N1CCC[C@H]1c1ccc2c(c1)OCCO2. The first-order chi connectivity index (χ1) is 14.1. The van der Waals surface area contributed by atoms with Gasteiger partial charge in [-0.3, -0.25) is 9.69 Å². The van der Waals surface area contributed by atoms with Crippen molar-refractivity contribution in [2.24, 2.45) is 0 Å². The van der Waals surface area contributed by atoms with E-state index >= 15 is 0 Å². The second-order valence-corrected chi connectivity index (χ2v) is 8.01. The van der Waals surface area contributed by atoms with Crippen LogP contribution < -0.4 is 9.47 Å². The second-order valence-electron chi connectivity index (χ2n) is 8.01. The molecule has 2 aliphatic rings. The molecular weight excluding hydrogens is 364 g/mol. The second kappa shape index (κ2) is 7.23. The molecule has 0 saturated carbocycles. The summed E-state index contributed by atoms with van der Waals surface area (Å²) in [6.45, 7) is 6.13. The number of aromatic nitrogens is 1. The summed E-state index contributed by atoms with van der Waals surface area (Å²) in [5.41, 5.74) is 3.98. The van der Waals surface area contributed by atoms with Gasteiger partial charge in [-0.25, -0.2) is 0 Å². The third kappa shape index (κ3) is 3.10. The van der Waals surface area contributed by atoms with Crippen LogP contribution >= 0.6 is 0 Å². The first-order valence-corrected chi connectivity index (χ1v) is 10.4. The van der Waals surface area contributed by atoms with Crippen molar-refractivity contribution in [1.29, 1.82) is 0 Å². The van der Waals surface area contributed by atoms with Gasteiger partial charge in [0.05, 0.1) is 6.04 Å². The highest BCUT2D eigenvalue weighted by Gasteiger charge is 2.35. The summed E-state index contributed by atoms with van der Waals surface area (Å²) < 4.78 is 11.4.